The van der Waals surface area contributed by atoms with Gasteiger partial charge in [-0.05, 0) is 35.7 Å². The molecule has 0 amide bonds. The summed E-state index contributed by atoms with van der Waals surface area (Å²) < 4.78 is 13.0. The molecule has 2 aromatic carbocycles. The van der Waals surface area contributed by atoms with E-state index in [1.54, 1.807) is 12.1 Å². The quantitative estimate of drug-likeness (QED) is 0.847. The molecule has 0 atom stereocenters. The largest absolute Gasteiger partial charge is 0.309 e. The normalized spacial score (nSPS) is 10.5. The molecule has 0 bridgehead atoms. The molecule has 17 heavy (non-hydrogen) atoms. The van der Waals surface area contributed by atoms with E-state index in [1.165, 1.54) is 17.2 Å². The van der Waals surface area contributed by atoms with E-state index in [0.29, 0.717) is 6.54 Å². The van der Waals surface area contributed by atoms with E-state index in [2.05, 4.69) is 24.4 Å². The van der Waals surface area contributed by atoms with Gasteiger partial charge in [-0.3, -0.25) is 0 Å². The summed E-state index contributed by atoms with van der Waals surface area (Å²) in [5, 5.41) is 3.32. The lowest BCUT2D eigenvalue weighted by molar-refractivity contribution is 0.620. The molecular weight excluding hydrogens is 213 g/mol. The molecule has 0 radical (unpaired) electrons. The molecule has 0 aromatic heterocycles. The number of hydrogen-bond donors (Lipinski definition) is 1. The van der Waals surface area contributed by atoms with Gasteiger partial charge in [0.2, 0.25) is 0 Å². The van der Waals surface area contributed by atoms with Crippen LogP contribution in [0.5, 0.6) is 0 Å². The lowest BCUT2D eigenvalue weighted by Gasteiger charge is -2.07. The van der Waals surface area contributed by atoms with Crippen molar-refractivity contribution < 1.29 is 4.39 Å². The minimum atomic E-state index is -0.180. The van der Waals surface area contributed by atoms with Gasteiger partial charge in [0.05, 0.1) is 0 Å². The molecule has 88 valence electrons. The van der Waals surface area contributed by atoms with Gasteiger partial charge in [0, 0.05) is 13.1 Å². The average Bonchev–Trinajstić information content (AvgIpc) is 2.32. The van der Waals surface area contributed by atoms with E-state index in [0.717, 1.165) is 12.1 Å². The minimum absolute atomic E-state index is 0.180. The number of benzene rings is 2. The predicted octanol–water partition coefficient (Wildman–Crippen LogP) is 3.42. The Kier molecular flexibility index (Phi) is 3.89. The second-order valence-corrected chi connectivity index (χ2v) is 4.16. The maximum Gasteiger partial charge on any atom is 0.123 e. The van der Waals surface area contributed by atoms with Gasteiger partial charge in [0.1, 0.15) is 5.82 Å². The van der Waals surface area contributed by atoms with E-state index >= 15 is 0 Å². The van der Waals surface area contributed by atoms with Gasteiger partial charge < -0.3 is 5.32 Å². The first-order valence-electron chi connectivity index (χ1n) is 5.75. The Labute approximate surface area is 101 Å². The van der Waals surface area contributed by atoms with Gasteiger partial charge in [-0.25, -0.2) is 4.39 Å². The van der Waals surface area contributed by atoms with Crippen LogP contribution in [-0.2, 0) is 13.1 Å². The van der Waals surface area contributed by atoms with E-state index in [-0.39, 0.29) is 5.82 Å². The van der Waals surface area contributed by atoms with Crippen molar-refractivity contribution in [3.8, 4) is 0 Å². The molecular formula is C15H16FN. The summed E-state index contributed by atoms with van der Waals surface area (Å²) in [7, 11) is 0. The van der Waals surface area contributed by atoms with Crippen LogP contribution in [0.4, 0.5) is 4.39 Å². The molecule has 0 aliphatic rings. The van der Waals surface area contributed by atoms with Crippen molar-refractivity contribution in [3.05, 3.63) is 71.0 Å². The summed E-state index contributed by atoms with van der Waals surface area (Å²) in [4.78, 5) is 0. The van der Waals surface area contributed by atoms with Crippen molar-refractivity contribution >= 4 is 0 Å². The van der Waals surface area contributed by atoms with Crippen molar-refractivity contribution in [2.75, 3.05) is 0 Å². The number of hydrogen-bond acceptors (Lipinski definition) is 1. The molecule has 0 unspecified atom stereocenters. The van der Waals surface area contributed by atoms with Crippen LogP contribution < -0.4 is 5.32 Å². The van der Waals surface area contributed by atoms with E-state index < -0.39 is 0 Å². The Morgan fingerprint density at radius 1 is 1.00 bits per heavy atom. The van der Waals surface area contributed by atoms with Crippen molar-refractivity contribution in [2.24, 2.45) is 0 Å². The van der Waals surface area contributed by atoms with Gasteiger partial charge in [-0.2, -0.15) is 0 Å². The Morgan fingerprint density at radius 2 is 1.82 bits per heavy atom. The van der Waals surface area contributed by atoms with E-state index in [1.807, 2.05) is 18.2 Å². The average molecular weight is 229 g/mol. The Hall–Kier alpha value is -1.67. The van der Waals surface area contributed by atoms with Gasteiger partial charge in [0.25, 0.3) is 0 Å². The summed E-state index contributed by atoms with van der Waals surface area (Å²) in [5.41, 5.74) is 3.53. The molecule has 0 spiro atoms. The van der Waals surface area contributed by atoms with Crippen LogP contribution in [0.2, 0.25) is 0 Å². The molecule has 0 saturated heterocycles. The lowest BCUT2D eigenvalue weighted by Crippen LogP contribution is -2.13. The number of rotatable bonds is 4. The zero-order chi connectivity index (χ0) is 12.1. The molecule has 2 rings (SSSR count). The SMILES string of the molecule is Cc1ccccc1CNCc1cccc(F)c1. The van der Waals surface area contributed by atoms with E-state index in [4.69, 9.17) is 0 Å². The van der Waals surface area contributed by atoms with Gasteiger partial charge >= 0.3 is 0 Å². The highest BCUT2D eigenvalue weighted by molar-refractivity contribution is 5.25. The first kappa shape index (κ1) is 11.8. The third-order valence-corrected chi connectivity index (χ3v) is 2.79. The Balaban J connectivity index is 1.90. The molecule has 0 fully saturated rings. The first-order valence-corrected chi connectivity index (χ1v) is 5.75. The van der Waals surface area contributed by atoms with Gasteiger partial charge in [0.15, 0.2) is 0 Å². The molecule has 0 aliphatic heterocycles. The van der Waals surface area contributed by atoms with Crippen LogP contribution in [0.3, 0.4) is 0 Å². The second-order valence-electron chi connectivity index (χ2n) is 4.16. The summed E-state index contributed by atoms with van der Waals surface area (Å²) in [5.74, 6) is -0.180. The summed E-state index contributed by atoms with van der Waals surface area (Å²) >= 11 is 0. The summed E-state index contributed by atoms with van der Waals surface area (Å²) in [6, 6.07) is 15.0. The third kappa shape index (κ3) is 3.40. The van der Waals surface area contributed by atoms with Gasteiger partial charge in [-0.15, -0.1) is 0 Å². The number of aryl methyl sites for hydroxylation is 1. The fraction of sp³-hybridized carbons (Fsp3) is 0.200. The second kappa shape index (κ2) is 5.60. The molecule has 0 aliphatic carbocycles. The highest BCUT2D eigenvalue weighted by Crippen LogP contribution is 2.07. The van der Waals surface area contributed by atoms with Crippen LogP contribution in [0.15, 0.2) is 48.5 Å². The summed E-state index contributed by atoms with van der Waals surface area (Å²) in [6.07, 6.45) is 0. The maximum absolute atomic E-state index is 13.0. The molecule has 1 N–H and O–H groups in total. The van der Waals surface area contributed by atoms with Crippen molar-refractivity contribution in [2.45, 2.75) is 20.0 Å². The van der Waals surface area contributed by atoms with Crippen LogP contribution in [0.1, 0.15) is 16.7 Å². The zero-order valence-corrected chi connectivity index (χ0v) is 9.91. The topological polar surface area (TPSA) is 12.0 Å². The van der Waals surface area contributed by atoms with Crippen LogP contribution >= 0.6 is 0 Å². The fourth-order valence-corrected chi connectivity index (χ4v) is 1.80. The van der Waals surface area contributed by atoms with Crippen LogP contribution in [-0.4, -0.2) is 0 Å². The molecule has 0 heterocycles. The lowest BCUT2D eigenvalue weighted by atomic mass is 10.1. The molecule has 1 nitrogen and oxygen atoms in total. The monoisotopic (exact) mass is 229 g/mol. The highest BCUT2D eigenvalue weighted by atomic mass is 19.1. The number of nitrogens with one attached hydrogen (secondary N) is 1. The van der Waals surface area contributed by atoms with Crippen molar-refractivity contribution in [1.82, 2.24) is 5.32 Å². The highest BCUT2D eigenvalue weighted by Gasteiger charge is 1.98. The first-order chi connectivity index (χ1) is 8.25. The van der Waals surface area contributed by atoms with Crippen molar-refractivity contribution in [1.29, 1.82) is 0 Å². The van der Waals surface area contributed by atoms with Crippen LogP contribution in [0, 0.1) is 12.7 Å². The van der Waals surface area contributed by atoms with Crippen LogP contribution in [0.25, 0.3) is 0 Å². The molecule has 2 heteroatoms. The van der Waals surface area contributed by atoms with Gasteiger partial charge in [-0.1, -0.05) is 36.4 Å². The Morgan fingerprint density at radius 3 is 2.59 bits per heavy atom. The van der Waals surface area contributed by atoms with E-state index in [9.17, 15) is 4.39 Å². The van der Waals surface area contributed by atoms with Crippen molar-refractivity contribution in [3.63, 3.8) is 0 Å². The maximum atomic E-state index is 13.0. The smallest absolute Gasteiger partial charge is 0.123 e. The fourth-order valence-electron chi connectivity index (χ4n) is 1.80. The number of halogens is 1. The molecule has 0 saturated carbocycles. The molecule has 2 aromatic rings. The third-order valence-electron chi connectivity index (χ3n) is 2.79. The predicted molar refractivity (Wildman–Crippen MR) is 68.1 cm³/mol. The summed E-state index contributed by atoms with van der Waals surface area (Å²) in [6.45, 7) is 3.59. The zero-order valence-electron chi connectivity index (χ0n) is 9.91. The Bertz CT molecular complexity index is 494. The minimum Gasteiger partial charge on any atom is -0.309 e. The standard InChI is InChI=1S/C15H16FN/c1-12-5-2-3-7-14(12)11-17-10-13-6-4-8-15(16)9-13/h2-9,17H,10-11H2,1H3.